The smallest absolute Gasteiger partial charge is 0.360 e. The minimum atomic E-state index is -0.699. The number of nitrogens with zero attached hydrogens (tertiary/aromatic N) is 2. The molecule has 1 aliphatic rings. The van der Waals surface area contributed by atoms with Gasteiger partial charge in [-0.2, -0.15) is 0 Å². The Bertz CT molecular complexity index is 816. The standard InChI is InChI=1S/C17H19BrCl2N2O3/c1-2-25-17(24)12-14(23)10-11(19)16(20)22(13(10)15(18)21-12)8-9-6-4-3-5-7-9/h9,23H,2-8H2,1H3. The first kappa shape index (κ1) is 18.8. The van der Waals surface area contributed by atoms with Crippen molar-refractivity contribution in [2.24, 2.45) is 5.92 Å². The van der Waals surface area contributed by atoms with Gasteiger partial charge in [0.05, 0.1) is 22.5 Å². The fourth-order valence-corrected chi connectivity index (χ4v) is 4.57. The van der Waals surface area contributed by atoms with E-state index < -0.39 is 5.97 Å². The van der Waals surface area contributed by atoms with Crippen LogP contribution in [0.25, 0.3) is 10.9 Å². The van der Waals surface area contributed by atoms with E-state index in [0.717, 1.165) is 12.8 Å². The topological polar surface area (TPSA) is 64.3 Å². The number of hydrogen-bond acceptors (Lipinski definition) is 4. The number of hydrogen-bond donors (Lipinski definition) is 1. The molecule has 1 fully saturated rings. The molecule has 1 N–H and O–H groups in total. The first-order valence-electron chi connectivity index (χ1n) is 8.38. The van der Waals surface area contributed by atoms with E-state index in [1.165, 1.54) is 19.3 Å². The summed E-state index contributed by atoms with van der Waals surface area (Å²) >= 11 is 16.2. The number of pyridine rings is 1. The van der Waals surface area contributed by atoms with Crippen molar-refractivity contribution in [3.05, 3.63) is 20.5 Å². The average Bonchev–Trinajstić information content (AvgIpc) is 2.85. The third-order valence-corrected chi connectivity index (χ3v) is 6.06. The van der Waals surface area contributed by atoms with E-state index in [4.69, 9.17) is 27.9 Å². The zero-order valence-electron chi connectivity index (χ0n) is 13.8. The average molecular weight is 450 g/mol. The van der Waals surface area contributed by atoms with Crippen molar-refractivity contribution in [1.29, 1.82) is 0 Å². The molecule has 0 spiro atoms. The Kier molecular flexibility index (Phi) is 5.81. The van der Waals surface area contributed by atoms with Crippen LogP contribution in [-0.4, -0.2) is 27.2 Å². The van der Waals surface area contributed by atoms with Crippen LogP contribution in [0, 0.1) is 5.92 Å². The molecule has 0 aromatic carbocycles. The van der Waals surface area contributed by atoms with Gasteiger partial charge in [-0.25, -0.2) is 9.78 Å². The van der Waals surface area contributed by atoms with E-state index in [9.17, 15) is 9.90 Å². The monoisotopic (exact) mass is 448 g/mol. The van der Waals surface area contributed by atoms with Crippen LogP contribution in [0.15, 0.2) is 4.60 Å². The molecule has 0 radical (unpaired) electrons. The summed E-state index contributed by atoms with van der Waals surface area (Å²) < 4.78 is 7.23. The number of fused-ring (bicyclic) bond motifs is 1. The third kappa shape index (κ3) is 3.49. The van der Waals surface area contributed by atoms with Gasteiger partial charge in [0.2, 0.25) is 0 Å². The van der Waals surface area contributed by atoms with Crippen LogP contribution in [-0.2, 0) is 11.3 Å². The van der Waals surface area contributed by atoms with Crippen LogP contribution in [0.4, 0.5) is 0 Å². The number of carbonyl (C=O) groups is 1. The molecule has 2 aromatic rings. The number of ether oxygens (including phenoxy) is 1. The molecule has 3 rings (SSSR count). The summed E-state index contributed by atoms with van der Waals surface area (Å²) in [7, 11) is 0. The highest BCUT2D eigenvalue weighted by Crippen LogP contribution is 2.44. The summed E-state index contributed by atoms with van der Waals surface area (Å²) in [4.78, 5) is 16.2. The Morgan fingerprint density at radius 2 is 2.04 bits per heavy atom. The van der Waals surface area contributed by atoms with Gasteiger partial charge in [-0.1, -0.05) is 42.5 Å². The molecule has 1 saturated carbocycles. The minimum Gasteiger partial charge on any atom is -0.505 e. The molecule has 2 heterocycles. The second-order valence-corrected chi connectivity index (χ2v) is 7.75. The van der Waals surface area contributed by atoms with Crippen molar-refractivity contribution in [3.8, 4) is 5.75 Å². The van der Waals surface area contributed by atoms with E-state index in [1.54, 1.807) is 6.92 Å². The van der Waals surface area contributed by atoms with Crippen LogP contribution >= 0.6 is 39.1 Å². The Hall–Kier alpha value is -0.980. The number of aromatic hydroxyl groups is 1. The zero-order valence-corrected chi connectivity index (χ0v) is 16.9. The third-order valence-electron chi connectivity index (χ3n) is 4.65. The predicted octanol–water partition coefficient (Wildman–Crippen LogP) is 5.57. The van der Waals surface area contributed by atoms with Crippen molar-refractivity contribution >= 4 is 56.0 Å². The number of aromatic nitrogens is 2. The summed E-state index contributed by atoms with van der Waals surface area (Å²) in [6.45, 7) is 2.58. The summed E-state index contributed by atoms with van der Waals surface area (Å²) in [5, 5.41) is 11.5. The molecule has 25 heavy (non-hydrogen) atoms. The van der Waals surface area contributed by atoms with Crippen LogP contribution < -0.4 is 0 Å². The van der Waals surface area contributed by atoms with Gasteiger partial charge >= 0.3 is 5.97 Å². The molecule has 1 aliphatic carbocycles. The largest absolute Gasteiger partial charge is 0.505 e. The first-order valence-corrected chi connectivity index (χ1v) is 9.93. The Morgan fingerprint density at radius 3 is 2.68 bits per heavy atom. The van der Waals surface area contributed by atoms with E-state index in [0.29, 0.717) is 33.1 Å². The lowest BCUT2D eigenvalue weighted by Crippen LogP contribution is -2.14. The van der Waals surface area contributed by atoms with E-state index in [1.807, 2.05) is 4.57 Å². The maximum absolute atomic E-state index is 12.0. The Morgan fingerprint density at radius 1 is 1.36 bits per heavy atom. The number of carbonyl (C=O) groups excluding carboxylic acids is 1. The van der Waals surface area contributed by atoms with Gasteiger partial charge in [-0.15, -0.1) is 0 Å². The molecular formula is C17H19BrCl2N2O3. The Balaban J connectivity index is 2.12. The SMILES string of the molecule is CCOC(=O)c1nc(Br)c2c(c1O)c(Cl)c(Cl)n2CC1CCCCC1. The van der Waals surface area contributed by atoms with Crippen molar-refractivity contribution in [3.63, 3.8) is 0 Å². The molecular weight excluding hydrogens is 431 g/mol. The lowest BCUT2D eigenvalue weighted by Gasteiger charge is -2.23. The van der Waals surface area contributed by atoms with Crippen LogP contribution in [0.5, 0.6) is 5.75 Å². The molecule has 8 heteroatoms. The second kappa shape index (κ2) is 7.72. The Labute approximate surface area is 164 Å². The quantitative estimate of drug-likeness (QED) is 0.489. The van der Waals surface area contributed by atoms with Gasteiger partial charge in [0.1, 0.15) is 9.76 Å². The van der Waals surface area contributed by atoms with Crippen molar-refractivity contribution in [2.45, 2.75) is 45.6 Å². The molecule has 136 valence electrons. The van der Waals surface area contributed by atoms with E-state index >= 15 is 0 Å². The predicted molar refractivity (Wildman–Crippen MR) is 102 cm³/mol. The number of halogens is 3. The van der Waals surface area contributed by atoms with Crippen LogP contribution in [0.2, 0.25) is 10.2 Å². The second-order valence-electron chi connectivity index (χ2n) is 6.26. The summed E-state index contributed by atoms with van der Waals surface area (Å²) in [5.41, 5.74) is 0.431. The van der Waals surface area contributed by atoms with Gasteiger partial charge in [-0.3, -0.25) is 0 Å². The summed E-state index contributed by atoms with van der Waals surface area (Å²) in [5.74, 6) is -0.488. The van der Waals surface area contributed by atoms with Crippen molar-refractivity contribution < 1.29 is 14.6 Å². The van der Waals surface area contributed by atoms with Gasteiger partial charge in [0, 0.05) is 6.54 Å². The summed E-state index contributed by atoms with van der Waals surface area (Å²) in [6, 6.07) is 0. The van der Waals surface area contributed by atoms with Gasteiger partial charge < -0.3 is 14.4 Å². The first-order chi connectivity index (χ1) is 12.0. The molecule has 0 amide bonds. The minimum absolute atomic E-state index is 0.172. The number of esters is 1. The molecule has 0 saturated heterocycles. The fourth-order valence-electron chi connectivity index (χ4n) is 3.45. The molecule has 0 bridgehead atoms. The number of rotatable bonds is 4. The molecule has 2 aromatic heterocycles. The fraction of sp³-hybridized carbons (Fsp3) is 0.529. The lowest BCUT2D eigenvalue weighted by molar-refractivity contribution is 0.0516. The van der Waals surface area contributed by atoms with Crippen LogP contribution in [0.1, 0.15) is 49.5 Å². The molecule has 0 aliphatic heterocycles. The van der Waals surface area contributed by atoms with Crippen molar-refractivity contribution in [2.75, 3.05) is 6.61 Å². The van der Waals surface area contributed by atoms with E-state index in [2.05, 4.69) is 20.9 Å². The molecule has 5 nitrogen and oxygen atoms in total. The van der Waals surface area contributed by atoms with Crippen LogP contribution in [0.3, 0.4) is 0 Å². The highest BCUT2D eigenvalue weighted by molar-refractivity contribution is 9.10. The highest BCUT2D eigenvalue weighted by Gasteiger charge is 2.28. The summed E-state index contributed by atoms with van der Waals surface area (Å²) in [6.07, 6.45) is 5.99. The zero-order chi connectivity index (χ0) is 18.1. The normalized spacial score (nSPS) is 15.7. The van der Waals surface area contributed by atoms with E-state index in [-0.39, 0.29) is 23.1 Å². The van der Waals surface area contributed by atoms with Gasteiger partial charge in [0.25, 0.3) is 0 Å². The van der Waals surface area contributed by atoms with Crippen molar-refractivity contribution in [1.82, 2.24) is 9.55 Å². The lowest BCUT2D eigenvalue weighted by atomic mass is 9.89. The highest BCUT2D eigenvalue weighted by atomic mass is 79.9. The maximum atomic E-state index is 12.0. The maximum Gasteiger partial charge on any atom is 0.360 e. The molecule has 0 atom stereocenters. The molecule has 0 unspecified atom stereocenters. The van der Waals surface area contributed by atoms with Gasteiger partial charge in [-0.05, 0) is 41.6 Å². The van der Waals surface area contributed by atoms with Gasteiger partial charge in [0.15, 0.2) is 11.4 Å².